The Morgan fingerprint density at radius 2 is 1.04 bits per heavy atom. The lowest BCUT2D eigenvalue weighted by Gasteiger charge is -2.19. The van der Waals surface area contributed by atoms with Crippen molar-refractivity contribution in [3.63, 3.8) is 0 Å². The molecule has 0 rings (SSSR count). The van der Waals surface area contributed by atoms with Crippen molar-refractivity contribution in [2.45, 2.75) is 187 Å². The molecule has 0 saturated heterocycles. The van der Waals surface area contributed by atoms with Crippen LogP contribution in [-0.2, 0) is 32.7 Å². The van der Waals surface area contributed by atoms with E-state index in [4.69, 9.17) is 24.3 Å². The highest BCUT2D eigenvalue weighted by Gasteiger charge is 2.25. The molecule has 2 atom stereocenters. The van der Waals surface area contributed by atoms with Crippen LogP contribution in [0.15, 0.2) is 12.2 Å². The van der Waals surface area contributed by atoms with Crippen molar-refractivity contribution in [2.24, 2.45) is 5.73 Å². The van der Waals surface area contributed by atoms with Crippen LogP contribution in [0.3, 0.4) is 0 Å². The minimum Gasteiger partial charge on any atom is -0.462 e. The fourth-order valence-electron chi connectivity index (χ4n) is 5.28. The zero-order chi connectivity index (χ0) is 34.7. The molecule has 47 heavy (non-hydrogen) atoms. The predicted molar refractivity (Wildman–Crippen MR) is 192 cm³/mol. The summed E-state index contributed by atoms with van der Waals surface area (Å²) in [5.41, 5.74) is 5.33. The molecule has 0 aliphatic carbocycles. The van der Waals surface area contributed by atoms with Crippen molar-refractivity contribution in [3.05, 3.63) is 12.2 Å². The van der Waals surface area contributed by atoms with E-state index in [1.54, 1.807) is 0 Å². The van der Waals surface area contributed by atoms with Gasteiger partial charge in [-0.3, -0.25) is 18.6 Å². The first-order chi connectivity index (χ1) is 22.8. The molecular weight excluding hydrogens is 617 g/mol. The summed E-state index contributed by atoms with van der Waals surface area (Å²) in [5.74, 6) is -0.835. The molecule has 1 unspecified atom stereocenters. The average Bonchev–Trinajstić information content (AvgIpc) is 3.05. The number of hydrogen-bond acceptors (Lipinski definition) is 8. The number of ether oxygens (including phenoxy) is 2. The number of hydrogen-bond donors (Lipinski definition) is 2. The number of esters is 2. The maximum atomic E-state index is 12.5. The Morgan fingerprint density at radius 3 is 1.51 bits per heavy atom. The van der Waals surface area contributed by atoms with Gasteiger partial charge in [-0.15, -0.1) is 0 Å². The van der Waals surface area contributed by atoms with Gasteiger partial charge in [0.2, 0.25) is 0 Å². The Bertz CT molecular complexity index is 794. The van der Waals surface area contributed by atoms with E-state index in [9.17, 15) is 19.0 Å². The lowest BCUT2D eigenvalue weighted by atomic mass is 10.1. The van der Waals surface area contributed by atoms with Crippen LogP contribution in [0.2, 0.25) is 0 Å². The third-order valence-corrected chi connectivity index (χ3v) is 9.14. The highest BCUT2D eigenvalue weighted by molar-refractivity contribution is 7.47. The van der Waals surface area contributed by atoms with Crippen molar-refractivity contribution in [1.82, 2.24) is 0 Å². The molecule has 0 aromatic carbocycles. The first-order valence-corrected chi connectivity index (χ1v) is 20.7. The van der Waals surface area contributed by atoms with Crippen molar-refractivity contribution in [1.29, 1.82) is 0 Å². The van der Waals surface area contributed by atoms with Crippen LogP contribution in [0, 0.1) is 0 Å². The van der Waals surface area contributed by atoms with Gasteiger partial charge >= 0.3 is 19.8 Å². The highest BCUT2D eigenvalue weighted by Crippen LogP contribution is 2.43. The summed E-state index contributed by atoms with van der Waals surface area (Å²) in [6.45, 7) is 3.70. The molecule has 0 aliphatic rings. The van der Waals surface area contributed by atoms with Gasteiger partial charge in [-0.1, -0.05) is 142 Å². The van der Waals surface area contributed by atoms with Gasteiger partial charge in [-0.2, -0.15) is 0 Å². The quantitative estimate of drug-likeness (QED) is 0.0285. The first-order valence-electron chi connectivity index (χ1n) is 19.2. The van der Waals surface area contributed by atoms with Crippen LogP contribution in [0.5, 0.6) is 0 Å². The van der Waals surface area contributed by atoms with Gasteiger partial charge in [0.25, 0.3) is 0 Å². The number of carbonyl (C=O) groups excluding carboxylic acids is 2. The molecular formula is C37H72NO8P. The number of nitrogens with two attached hydrogens (primary N) is 1. The van der Waals surface area contributed by atoms with E-state index in [0.29, 0.717) is 6.42 Å². The number of allylic oxidation sites excluding steroid dienone is 2. The third-order valence-electron chi connectivity index (χ3n) is 8.15. The molecule has 9 nitrogen and oxygen atoms in total. The second kappa shape index (κ2) is 34.6. The van der Waals surface area contributed by atoms with Crippen molar-refractivity contribution in [3.8, 4) is 0 Å². The third kappa shape index (κ3) is 34.4. The van der Waals surface area contributed by atoms with Crippen LogP contribution in [0.4, 0.5) is 0 Å². The zero-order valence-electron chi connectivity index (χ0n) is 30.3. The van der Waals surface area contributed by atoms with Crippen molar-refractivity contribution in [2.75, 3.05) is 26.4 Å². The normalized spacial score (nSPS) is 13.5. The minimum atomic E-state index is -4.36. The fraction of sp³-hybridized carbons (Fsp3) is 0.892. The second-order valence-electron chi connectivity index (χ2n) is 12.8. The Balaban J connectivity index is 4.20. The van der Waals surface area contributed by atoms with E-state index in [2.05, 4.69) is 26.0 Å². The molecule has 278 valence electrons. The maximum Gasteiger partial charge on any atom is 0.472 e. The molecule has 0 radical (unpaired) electrons. The van der Waals surface area contributed by atoms with Crippen LogP contribution in [-0.4, -0.2) is 49.3 Å². The van der Waals surface area contributed by atoms with Gasteiger partial charge in [-0.05, 0) is 38.5 Å². The number of carbonyl (C=O) groups is 2. The summed E-state index contributed by atoms with van der Waals surface area (Å²) in [7, 11) is -4.36. The highest BCUT2D eigenvalue weighted by atomic mass is 31.2. The monoisotopic (exact) mass is 689 g/mol. The summed E-state index contributed by atoms with van der Waals surface area (Å²) in [6.07, 6.45) is 32.4. The van der Waals surface area contributed by atoms with Gasteiger partial charge in [-0.25, -0.2) is 4.57 Å². The van der Waals surface area contributed by atoms with Crippen molar-refractivity contribution >= 4 is 19.8 Å². The maximum absolute atomic E-state index is 12.5. The molecule has 0 amide bonds. The molecule has 10 heteroatoms. The first kappa shape index (κ1) is 45.8. The predicted octanol–water partition coefficient (Wildman–Crippen LogP) is 10.3. The Morgan fingerprint density at radius 1 is 0.617 bits per heavy atom. The van der Waals surface area contributed by atoms with Crippen LogP contribution in [0.25, 0.3) is 0 Å². The minimum absolute atomic E-state index is 0.0545. The molecule has 3 N–H and O–H groups in total. The Kier molecular flexibility index (Phi) is 33.7. The van der Waals surface area contributed by atoms with Gasteiger partial charge in [0.05, 0.1) is 13.2 Å². The Labute approximate surface area is 288 Å². The largest absolute Gasteiger partial charge is 0.472 e. The number of phosphoric acid groups is 1. The van der Waals surface area contributed by atoms with Crippen LogP contribution >= 0.6 is 7.82 Å². The molecule has 0 aromatic heterocycles. The fourth-order valence-corrected chi connectivity index (χ4v) is 6.04. The molecule has 0 bridgehead atoms. The van der Waals surface area contributed by atoms with E-state index in [1.807, 2.05) is 0 Å². The van der Waals surface area contributed by atoms with Gasteiger partial charge in [0, 0.05) is 19.4 Å². The van der Waals surface area contributed by atoms with Gasteiger partial charge in [0.1, 0.15) is 6.61 Å². The van der Waals surface area contributed by atoms with E-state index in [1.165, 1.54) is 96.3 Å². The van der Waals surface area contributed by atoms with E-state index in [-0.39, 0.29) is 38.6 Å². The number of rotatable bonds is 36. The standard InChI is InChI=1S/C37H72NO8P/c1-3-5-7-9-11-13-15-16-17-18-19-20-22-24-26-28-30-37(40)46-35(34-45-47(41,42)44-32-31-38)33-43-36(39)29-27-25-23-21-14-12-10-8-6-4-2/h17-18,35H,3-16,19-34,38H2,1-2H3,(H,41,42)/b18-17-/t35-/m1/s1. The summed E-state index contributed by atoms with van der Waals surface area (Å²) < 4.78 is 32.6. The summed E-state index contributed by atoms with van der Waals surface area (Å²) >= 11 is 0. The molecule has 0 saturated carbocycles. The number of phosphoric ester groups is 1. The zero-order valence-corrected chi connectivity index (χ0v) is 31.2. The summed E-state index contributed by atoms with van der Waals surface area (Å²) in [6, 6.07) is 0. The van der Waals surface area contributed by atoms with E-state index >= 15 is 0 Å². The molecule has 0 aromatic rings. The Hall–Kier alpha value is -1.25. The second-order valence-corrected chi connectivity index (χ2v) is 14.3. The van der Waals surface area contributed by atoms with E-state index in [0.717, 1.165) is 51.4 Å². The van der Waals surface area contributed by atoms with Gasteiger partial charge < -0.3 is 20.1 Å². The summed E-state index contributed by atoms with van der Waals surface area (Å²) in [4.78, 5) is 34.6. The topological polar surface area (TPSA) is 134 Å². The van der Waals surface area contributed by atoms with E-state index < -0.39 is 26.5 Å². The van der Waals surface area contributed by atoms with Crippen LogP contribution < -0.4 is 5.73 Å². The van der Waals surface area contributed by atoms with Gasteiger partial charge in [0.15, 0.2) is 6.10 Å². The lowest BCUT2D eigenvalue weighted by molar-refractivity contribution is -0.161. The molecule has 0 spiro atoms. The summed E-state index contributed by atoms with van der Waals surface area (Å²) in [5, 5.41) is 0. The lowest BCUT2D eigenvalue weighted by Crippen LogP contribution is -2.29. The van der Waals surface area contributed by atoms with Crippen LogP contribution in [0.1, 0.15) is 181 Å². The van der Waals surface area contributed by atoms with Crippen molar-refractivity contribution < 1.29 is 37.6 Å². The average molecular weight is 690 g/mol. The smallest absolute Gasteiger partial charge is 0.462 e. The SMILES string of the molecule is CCCCCCCCC/C=C\CCCCCCCC(=O)O[C@H](COC(=O)CCCCCCCCCCCC)COP(=O)(O)OCCN. The molecule has 0 fully saturated rings. The molecule has 0 heterocycles. The number of unbranched alkanes of at least 4 members (excludes halogenated alkanes) is 21. The molecule has 0 aliphatic heterocycles.